The normalized spacial score (nSPS) is 12.7. The number of carbonyl (C=O) groups excluding carboxylic acids is 2. The molecule has 1 amide bonds. The van der Waals surface area contributed by atoms with Gasteiger partial charge in [0.1, 0.15) is 0 Å². The van der Waals surface area contributed by atoms with Gasteiger partial charge < -0.3 is 20.3 Å². The number of unbranched alkanes of at least 4 members (excludes halogenated alkanes) is 48. The maximum absolute atomic E-state index is 12.4. The number of esters is 1. The molecule has 0 aromatic carbocycles. The van der Waals surface area contributed by atoms with Crippen molar-refractivity contribution in [2.24, 2.45) is 0 Å². The van der Waals surface area contributed by atoms with Crippen molar-refractivity contribution < 1.29 is 24.5 Å². The van der Waals surface area contributed by atoms with Crippen molar-refractivity contribution in [3.05, 3.63) is 36.5 Å². The molecule has 6 heteroatoms. The fourth-order valence-electron chi connectivity index (χ4n) is 10.5. The molecule has 0 aromatic rings. The Bertz CT molecular complexity index is 1210. The van der Waals surface area contributed by atoms with Gasteiger partial charge in [-0.2, -0.15) is 0 Å². The molecular formula is C69H131NO5. The highest BCUT2D eigenvalue weighted by Gasteiger charge is 2.18. The average Bonchev–Trinajstić information content (AvgIpc) is 3.41. The van der Waals surface area contributed by atoms with Crippen LogP contribution in [0.4, 0.5) is 0 Å². The third kappa shape index (κ3) is 61.2. The number of carbonyl (C=O) groups is 2. The van der Waals surface area contributed by atoms with Crippen molar-refractivity contribution in [2.45, 2.75) is 379 Å². The largest absolute Gasteiger partial charge is 0.466 e. The zero-order valence-electron chi connectivity index (χ0n) is 50.5. The molecule has 0 bridgehead atoms. The maximum Gasteiger partial charge on any atom is 0.305 e. The standard InChI is InChI=1S/C69H131NO5/c1-3-5-7-9-11-13-15-17-18-19-29-33-36-39-43-47-51-55-59-63-69(74)75-64-60-56-52-48-44-40-37-34-31-28-26-24-22-20-21-23-25-27-30-32-35-38-42-46-50-54-58-62-68(73)70-66(65-71)67(72)61-57-53-49-45-41-16-14-12-10-8-6-4-2/h11,13,17-18,57,61,66-67,71-72H,3-10,12,14-16,19-56,58-60,62-65H2,1-2H3,(H,70,73)/b13-11-,18-17-,61-57+. The predicted octanol–water partition coefficient (Wildman–Crippen LogP) is 21.5. The highest BCUT2D eigenvalue weighted by atomic mass is 16.5. The Morgan fingerprint density at radius 1 is 0.373 bits per heavy atom. The number of nitrogens with one attached hydrogen (secondary N) is 1. The number of hydrogen-bond acceptors (Lipinski definition) is 5. The van der Waals surface area contributed by atoms with E-state index in [0.29, 0.717) is 19.4 Å². The van der Waals surface area contributed by atoms with Crippen molar-refractivity contribution >= 4 is 11.9 Å². The van der Waals surface area contributed by atoms with E-state index in [1.165, 1.54) is 289 Å². The second kappa shape index (κ2) is 64.6. The van der Waals surface area contributed by atoms with Crippen LogP contribution in [-0.4, -0.2) is 47.4 Å². The van der Waals surface area contributed by atoms with E-state index in [1.807, 2.05) is 6.08 Å². The summed E-state index contributed by atoms with van der Waals surface area (Å²) in [5.74, 6) is -0.0507. The molecule has 6 nitrogen and oxygen atoms in total. The van der Waals surface area contributed by atoms with E-state index in [4.69, 9.17) is 4.74 Å². The highest BCUT2D eigenvalue weighted by Crippen LogP contribution is 2.18. The number of aliphatic hydroxyl groups excluding tert-OH is 2. The van der Waals surface area contributed by atoms with Crippen LogP contribution < -0.4 is 5.32 Å². The van der Waals surface area contributed by atoms with E-state index >= 15 is 0 Å². The minimum atomic E-state index is -0.841. The number of ether oxygens (including phenoxy) is 1. The second-order valence-corrected chi connectivity index (χ2v) is 23.2. The van der Waals surface area contributed by atoms with Crippen LogP contribution in [0.2, 0.25) is 0 Å². The van der Waals surface area contributed by atoms with Gasteiger partial charge >= 0.3 is 5.97 Å². The number of hydrogen-bond donors (Lipinski definition) is 3. The lowest BCUT2D eigenvalue weighted by molar-refractivity contribution is -0.143. The van der Waals surface area contributed by atoms with Crippen LogP contribution >= 0.6 is 0 Å². The summed E-state index contributed by atoms with van der Waals surface area (Å²) < 4.78 is 5.51. The fraction of sp³-hybridized carbons (Fsp3) is 0.884. The van der Waals surface area contributed by atoms with E-state index in [9.17, 15) is 19.8 Å². The molecule has 0 heterocycles. The van der Waals surface area contributed by atoms with Gasteiger partial charge in [-0.3, -0.25) is 9.59 Å². The average molecular weight is 1050 g/mol. The quantitative estimate of drug-likeness (QED) is 0.0320. The smallest absolute Gasteiger partial charge is 0.305 e. The second-order valence-electron chi connectivity index (χ2n) is 23.2. The minimum Gasteiger partial charge on any atom is -0.466 e. The SMILES string of the molecule is CCCCC/C=C\C/C=C\CCCCCCCCCCCC(=O)OCCCCCCCCCCCCCCCCCCCCCCCCCCCCCC(=O)NC(CO)C(O)/C=C/CCCCCCCCCCCC. The Morgan fingerprint density at radius 2 is 0.667 bits per heavy atom. The molecule has 2 atom stereocenters. The summed E-state index contributed by atoms with van der Waals surface area (Å²) in [6.45, 7) is 4.89. The van der Waals surface area contributed by atoms with Gasteiger partial charge in [0.25, 0.3) is 0 Å². The first-order valence-electron chi connectivity index (χ1n) is 33.8. The van der Waals surface area contributed by atoms with Crippen molar-refractivity contribution in [3.8, 4) is 0 Å². The fourth-order valence-corrected chi connectivity index (χ4v) is 10.5. The lowest BCUT2D eigenvalue weighted by Gasteiger charge is -2.20. The van der Waals surface area contributed by atoms with E-state index in [-0.39, 0.29) is 18.5 Å². The summed E-state index contributed by atoms with van der Waals surface area (Å²) in [6.07, 6.45) is 82.1. The third-order valence-corrected chi connectivity index (χ3v) is 15.7. The van der Waals surface area contributed by atoms with Crippen LogP contribution in [0.1, 0.15) is 367 Å². The molecule has 75 heavy (non-hydrogen) atoms. The number of allylic oxidation sites excluding steroid dienone is 5. The minimum absolute atomic E-state index is 0.0141. The zero-order chi connectivity index (χ0) is 54.3. The number of aliphatic hydroxyl groups is 2. The first kappa shape index (κ1) is 73.1. The number of amides is 1. The van der Waals surface area contributed by atoms with Crippen LogP contribution in [0.25, 0.3) is 0 Å². The van der Waals surface area contributed by atoms with E-state index in [2.05, 4.69) is 43.5 Å². The van der Waals surface area contributed by atoms with Crippen LogP contribution in [0.15, 0.2) is 36.5 Å². The van der Waals surface area contributed by atoms with E-state index in [0.717, 1.165) is 51.4 Å². The van der Waals surface area contributed by atoms with Crippen LogP contribution in [-0.2, 0) is 14.3 Å². The third-order valence-electron chi connectivity index (χ3n) is 15.7. The number of rotatable bonds is 63. The Labute approximate surface area is 468 Å². The maximum atomic E-state index is 12.4. The van der Waals surface area contributed by atoms with Gasteiger partial charge in [0.05, 0.1) is 25.4 Å². The molecule has 0 aliphatic heterocycles. The van der Waals surface area contributed by atoms with Gasteiger partial charge in [-0.25, -0.2) is 0 Å². The lowest BCUT2D eigenvalue weighted by Crippen LogP contribution is -2.45. The molecule has 0 aromatic heterocycles. The summed E-state index contributed by atoms with van der Waals surface area (Å²) in [6, 6.07) is -0.625. The summed E-state index contributed by atoms with van der Waals surface area (Å²) in [5, 5.41) is 23.1. The van der Waals surface area contributed by atoms with Crippen LogP contribution in [0.3, 0.4) is 0 Å². The van der Waals surface area contributed by atoms with Gasteiger partial charge in [-0.15, -0.1) is 0 Å². The van der Waals surface area contributed by atoms with Crippen LogP contribution in [0, 0.1) is 0 Å². The summed E-state index contributed by atoms with van der Waals surface area (Å²) in [5.41, 5.74) is 0. The van der Waals surface area contributed by atoms with Crippen molar-refractivity contribution in [3.63, 3.8) is 0 Å². The highest BCUT2D eigenvalue weighted by molar-refractivity contribution is 5.76. The molecule has 2 unspecified atom stereocenters. The topological polar surface area (TPSA) is 95.9 Å². The van der Waals surface area contributed by atoms with Gasteiger partial charge in [0.2, 0.25) is 5.91 Å². The van der Waals surface area contributed by atoms with E-state index in [1.54, 1.807) is 6.08 Å². The predicted molar refractivity (Wildman–Crippen MR) is 329 cm³/mol. The molecule has 0 saturated heterocycles. The molecule has 0 rings (SSSR count). The molecule has 3 N–H and O–H groups in total. The molecule has 0 spiro atoms. The Kier molecular flexibility index (Phi) is 63.0. The Morgan fingerprint density at radius 3 is 1.04 bits per heavy atom. The molecule has 0 aliphatic carbocycles. The van der Waals surface area contributed by atoms with Gasteiger partial charge in [-0.05, 0) is 64.2 Å². The lowest BCUT2D eigenvalue weighted by atomic mass is 10.0. The zero-order valence-corrected chi connectivity index (χ0v) is 50.5. The van der Waals surface area contributed by atoms with Gasteiger partial charge in [0, 0.05) is 12.8 Å². The molecule has 442 valence electrons. The summed E-state index contributed by atoms with van der Waals surface area (Å²) in [4.78, 5) is 24.6. The molecule has 0 aliphatic rings. The summed E-state index contributed by atoms with van der Waals surface area (Å²) in [7, 11) is 0. The van der Waals surface area contributed by atoms with E-state index < -0.39 is 12.1 Å². The molecule has 0 radical (unpaired) electrons. The van der Waals surface area contributed by atoms with Crippen LogP contribution in [0.5, 0.6) is 0 Å². The van der Waals surface area contributed by atoms with Gasteiger partial charge in [-0.1, -0.05) is 326 Å². The molecular weight excluding hydrogens is 923 g/mol. The van der Waals surface area contributed by atoms with Crippen molar-refractivity contribution in [1.82, 2.24) is 5.32 Å². The Hall–Kier alpha value is -1.92. The molecule has 0 fully saturated rings. The Balaban J connectivity index is 3.34. The first-order chi connectivity index (χ1) is 37.0. The van der Waals surface area contributed by atoms with Crippen molar-refractivity contribution in [1.29, 1.82) is 0 Å². The van der Waals surface area contributed by atoms with Gasteiger partial charge in [0.15, 0.2) is 0 Å². The first-order valence-corrected chi connectivity index (χ1v) is 33.8. The van der Waals surface area contributed by atoms with Crippen molar-refractivity contribution in [2.75, 3.05) is 13.2 Å². The summed E-state index contributed by atoms with van der Waals surface area (Å²) >= 11 is 0. The monoisotopic (exact) mass is 1050 g/mol. The molecule has 0 saturated carbocycles.